The average molecular weight is 209 g/mol. The minimum atomic E-state index is 0.0879. The van der Waals surface area contributed by atoms with Crippen LogP contribution in [0.15, 0.2) is 0 Å². The smallest absolute Gasteiger partial charge is 0.137 e. The van der Waals surface area contributed by atoms with Gasteiger partial charge in [-0.15, -0.1) is 0 Å². The van der Waals surface area contributed by atoms with Gasteiger partial charge in [-0.25, -0.2) is 4.98 Å². The fourth-order valence-corrected chi connectivity index (χ4v) is 1.95. The molecule has 4 nitrogen and oxygen atoms in total. The van der Waals surface area contributed by atoms with E-state index >= 15 is 0 Å². The Balaban J connectivity index is 2.17. The highest BCUT2D eigenvalue weighted by Gasteiger charge is 2.20. The minimum Gasteiger partial charge on any atom is -0.368 e. The quantitative estimate of drug-likeness (QED) is 0.776. The Kier molecular flexibility index (Phi) is 3.07. The maximum absolute atomic E-state index is 5.66. The molecule has 1 saturated heterocycles. The molecule has 2 rings (SSSR count). The van der Waals surface area contributed by atoms with Crippen molar-refractivity contribution in [2.45, 2.75) is 32.8 Å². The summed E-state index contributed by atoms with van der Waals surface area (Å²) in [6, 6.07) is 0. The number of nitrogens with one attached hydrogen (secondary N) is 2. The monoisotopic (exact) mass is 209 g/mol. The molecule has 0 aliphatic carbocycles. The molecule has 1 aromatic heterocycles. The molecule has 1 aromatic rings. The zero-order valence-corrected chi connectivity index (χ0v) is 9.63. The lowest BCUT2D eigenvalue weighted by Crippen LogP contribution is -2.33. The Labute approximate surface area is 90.4 Å². The maximum Gasteiger partial charge on any atom is 0.137 e. The first-order valence-electron chi connectivity index (χ1n) is 5.57. The van der Waals surface area contributed by atoms with E-state index in [1.807, 2.05) is 0 Å². The first kappa shape index (κ1) is 10.6. The van der Waals surface area contributed by atoms with E-state index in [0.29, 0.717) is 5.92 Å². The summed E-state index contributed by atoms with van der Waals surface area (Å²) in [5, 5.41) is 3.31. The summed E-state index contributed by atoms with van der Waals surface area (Å²) in [7, 11) is 0. The van der Waals surface area contributed by atoms with E-state index in [0.717, 1.165) is 36.9 Å². The number of rotatable bonds is 2. The molecule has 0 radical (unpaired) electrons. The van der Waals surface area contributed by atoms with Crippen molar-refractivity contribution >= 4 is 0 Å². The summed E-state index contributed by atoms with van der Waals surface area (Å²) >= 11 is 0. The van der Waals surface area contributed by atoms with Crippen LogP contribution in [0.3, 0.4) is 0 Å². The fraction of sp³-hybridized carbons (Fsp3) is 0.727. The molecule has 0 bridgehead atoms. The number of hydrogen-bond acceptors (Lipinski definition) is 3. The SMILES string of the molecule is Cc1[nH]c(C2CNCCO2)nc1C(C)C. The van der Waals surface area contributed by atoms with Crippen molar-refractivity contribution in [1.29, 1.82) is 0 Å². The molecule has 1 aliphatic heterocycles. The Hall–Kier alpha value is -0.870. The number of aryl methyl sites for hydroxylation is 1. The van der Waals surface area contributed by atoms with Crippen LogP contribution in [0, 0.1) is 6.92 Å². The molecule has 0 amide bonds. The summed E-state index contributed by atoms with van der Waals surface area (Å²) < 4.78 is 5.66. The van der Waals surface area contributed by atoms with Crippen LogP contribution in [-0.2, 0) is 4.74 Å². The summed E-state index contributed by atoms with van der Waals surface area (Å²) in [6.07, 6.45) is 0.0879. The van der Waals surface area contributed by atoms with Crippen molar-refractivity contribution in [3.63, 3.8) is 0 Å². The van der Waals surface area contributed by atoms with Gasteiger partial charge in [0.15, 0.2) is 0 Å². The Morgan fingerprint density at radius 1 is 1.47 bits per heavy atom. The van der Waals surface area contributed by atoms with Gasteiger partial charge in [0.25, 0.3) is 0 Å². The van der Waals surface area contributed by atoms with Crippen molar-refractivity contribution in [1.82, 2.24) is 15.3 Å². The lowest BCUT2D eigenvalue weighted by molar-refractivity contribution is 0.0225. The van der Waals surface area contributed by atoms with E-state index in [-0.39, 0.29) is 6.10 Å². The van der Waals surface area contributed by atoms with Crippen LogP contribution in [0.1, 0.15) is 43.1 Å². The number of H-pyrrole nitrogens is 1. The average Bonchev–Trinajstić information content (AvgIpc) is 2.62. The molecule has 4 heteroatoms. The molecule has 84 valence electrons. The summed E-state index contributed by atoms with van der Waals surface area (Å²) in [4.78, 5) is 7.93. The molecule has 1 fully saturated rings. The highest BCUT2D eigenvalue weighted by molar-refractivity contribution is 5.17. The normalized spacial score (nSPS) is 22.3. The van der Waals surface area contributed by atoms with Gasteiger partial charge < -0.3 is 15.0 Å². The first-order chi connectivity index (χ1) is 7.18. The van der Waals surface area contributed by atoms with Crippen molar-refractivity contribution in [2.24, 2.45) is 0 Å². The molecular formula is C11H19N3O. The van der Waals surface area contributed by atoms with Gasteiger partial charge in [-0.05, 0) is 12.8 Å². The molecule has 0 aromatic carbocycles. The third-order valence-corrected chi connectivity index (χ3v) is 2.72. The Bertz CT molecular complexity index is 327. The number of imidazole rings is 1. The van der Waals surface area contributed by atoms with Gasteiger partial charge in [0.1, 0.15) is 11.9 Å². The third kappa shape index (κ3) is 2.21. The van der Waals surface area contributed by atoms with Crippen LogP contribution in [-0.4, -0.2) is 29.7 Å². The fourth-order valence-electron chi connectivity index (χ4n) is 1.95. The van der Waals surface area contributed by atoms with Crippen LogP contribution >= 0.6 is 0 Å². The second kappa shape index (κ2) is 4.33. The van der Waals surface area contributed by atoms with Gasteiger partial charge in [-0.2, -0.15) is 0 Å². The van der Waals surface area contributed by atoms with Crippen molar-refractivity contribution < 1.29 is 4.74 Å². The predicted molar refractivity (Wildman–Crippen MR) is 59.0 cm³/mol. The highest BCUT2D eigenvalue weighted by atomic mass is 16.5. The molecule has 0 saturated carbocycles. The van der Waals surface area contributed by atoms with Gasteiger partial charge >= 0.3 is 0 Å². The van der Waals surface area contributed by atoms with Gasteiger partial charge in [-0.3, -0.25) is 0 Å². The number of morpholine rings is 1. The predicted octanol–water partition coefficient (Wildman–Crippen LogP) is 1.50. The lowest BCUT2D eigenvalue weighted by atomic mass is 10.1. The molecule has 0 spiro atoms. The second-order valence-electron chi connectivity index (χ2n) is 4.35. The van der Waals surface area contributed by atoms with Gasteiger partial charge in [-0.1, -0.05) is 13.8 Å². The zero-order chi connectivity index (χ0) is 10.8. The first-order valence-corrected chi connectivity index (χ1v) is 5.57. The van der Waals surface area contributed by atoms with Crippen LogP contribution in [0.4, 0.5) is 0 Å². The van der Waals surface area contributed by atoms with E-state index in [4.69, 9.17) is 4.74 Å². The van der Waals surface area contributed by atoms with Crippen LogP contribution in [0.2, 0.25) is 0 Å². The van der Waals surface area contributed by atoms with Crippen molar-refractivity contribution in [3.8, 4) is 0 Å². The standard InChI is InChI=1S/C11H19N3O/c1-7(2)10-8(3)13-11(14-10)9-6-12-4-5-15-9/h7,9,12H,4-6H2,1-3H3,(H,13,14). The van der Waals surface area contributed by atoms with Gasteiger partial charge in [0, 0.05) is 18.8 Å². The molecule has 1 unspecified atom stereocenters. The van der Waals surface area contributed by atoms with E-state index in [1.165, 1.54) is 0 Å². The highest BCUT2D eigenvalue weighted by Crippen LogP contribution is 2.21. The lowest BCUT2D eigenvalue weighted by Gasteiger charge is -2.21. The van der Waals surface area contributed by atoms with E-state index < -0.39 is 0 Å². The molecule has 1 aliphatic rings. The number of aromatic amines is 1. The molecule has 2 heterocycles. The van der Waals surface area contributed by atoms with Gasteiger partial charge in [0.2, 0.25) is 0 Å². The number of aromatic nitrogens is 2. The number of hydrogen-bond donors (Lipinski definition) is 2. The number of ether oxygens (including phenoxy) is 1. The summed E-state index contributed by atoms with van der Waals surface area (Å²) in [5.41, 5.74) is 2.31. The zero-order valence-electron chi connectivity index (χ0n) is 9.63. The largest absolute Gasteiger partial charge is 0.368 e. The molecule has 1 atom stereocenters. The van der Waals surface area contributed by atoms with Crippen molar-refractivity contribution in [2.75, 3.05) is 19.7 Å². The summed E-state index contributed by atoms with van der Waals surface area (Å²) in [6.45, 7) is 8.95. The van der Waals surface area contributed by atoms with Crippen LogP contribution in [0.5, 0.6) is 0 Å². The topological polar surface area (TPSA) is 49.9 Å². The van der Waals surface area contributed by atoms with Crippen LogP contribution < -0.4 is 5.32 Å². The van der Waals surface area contributed by atoms with E-state index in [9.17, 15) is 0 Å². The maximum atomic E-state index is 5.66. The van der Waals surface area contributed by atoms with E-state index in [1.54, 1.807) is 0 Å². The van der Waals surface area contributed by atoms with E-state index in [2.05, 4.69) is 36.1 Å². The van der Waals surface area contributed by atoms with Gasteiger partial charge in [0.05, 0.1) is 12.3 Å². The second-order valence-corrected chi connectivity index (χ2v) is 4.35. The molecule has 2 N–H and O–H groups in total. The molecule has 15 heavy (non-hydrogen) atoms. The minimum absolute atomic E-state index is 0.0879. The van der Waals surface area contributed by atoms with Crippen molar-refractivity contribution in [3.05, 3.63) is 17.2 Å². The number of nitrogens with zero attached hydrogens (tertiary/aromatic N) is 1. The summed E-state index contributed by atoms with van der Waals surface area (Å²) in [5.74, 6) is 1.43. The van der Waals surface area contributed by atoms with Crippen LogP contribution in [0.25, 0.3) is 0 Å². The molecular weight excluding hydrogens is 190 g/mol. The Morgan fingerprint density at radius 2 is 2.27 bits per heavy atom. The third-order valence-electron chi connectivity index (χ3n) is 2.72. The Morgan fingerprint density at radius 3 is 2.80 bits per heavy atom.